The Hall–Kier alpha value is -3.68. The Bertz CT molecular complexity index is 969. The molecule has 0 saturated heterocycles. The maximum Gasteiger partial charge on any atom is 0.269 e. The van der Waals surface area contributed by atoms with E-state index in [-0.39, 0.29) is 18.1 Å². The second kappa shape index (κ2) is 8.13. The number of benzene rings is 1. The number of allylic oxidation sites excluding steroid dienone is 1. The van der Waals surface area contributed by atoms with Gasteiger partial charge in [-0.15, -0.1) is 0 Å². The van der Waals surface area contributed by atoms with E-state index in [0.29, 0.717) is 29.5 Å². The van der Waals surface area contributed by atoms with Gasteiger partial charge in [-0.05, 0) is 49.4 Å². The Labute approximate surface area is 154 Å². The van der Waals surface area contributed by atoms with Gasteiger partial charge in [0.25, 0.3) is 5.69 Å². The number of nitro groups is 1. The van der Waals surface area contributed by atoms with E-state index in [1.807, 2.05) is 6.92 Å². The zero-order valence-electron chi connectivity index (χ0n) is 14.6. The van der Waals surface area contributed by atoms with Crippen molar-refractivity contribution in [1.29, 1.82) is 0 Å². The third-order valence-corrected chi connectivity index (χ3v) is 3.78. The van der Waals surface area contributed by atoms with Crippen molar-refractivity contribution in [2.24, 2.45) is 0 Å². The van der Waals surface area contributed by atoms with Crippen molar-refractivity contribution in [3.63, 3.8) is 0 Å². The Morgan fingerprint density at radius 3 is 2.74 bits per heavy atom. The van der Waals surface area contributed by atoms with Gasteiger partial charge >= 0.3 is 0 Å². The predicted molar refractivity (Wildman–Crippen MR) is 97.4 cm³/mol. The molecule has 0 atom stereocenters. The van der Waals surface area contributed by atoms with Crippen LogP contribution >= 0.6 is 0 Å². The normalized spacial score (nSPS) is 11.0. The lowest BCUT2D eigenvalue weighted by Crippen LogP contribution is -2.07. The molecule has 0 spiro atoms. The number of ketones is 1. The molecule has 0 radical (unpaired) electrons. The summed E-state index contributed by atoms with van der Waals surface area (Å²) in [6.07, 6.45) is 4.61. The van der Waals surface area contributed by atoms with E-state index < -0.39 is 4.92 Å². The van der Waals surface area contributed by atoms with Crippen molar-refractivity contribution in [3.05, 3.63) is 82.1 Å². The number of hydrogen-bond acceptors (Lipinski definition) is 6. The highest BCUT2D eigenvalue weighted by atomic mass is 16.6. The maximum atomic E-state index is 12.2. The molecular formula is C19H17N3O5. The van der Waals surface area contributed by atoms with Gasteiger partial charge in [0.15, 0.2) is 0 Å². The number of rotatable bonds is 8. The molecule has 0 N–H and O–H groups in total. The van der Waals surface area contributed by atoms with Crippen molar-refractivity contribution < 1.29 is 18.9 Å². The van der Waals surface area contributed by atoms with Gasteiger partial charge in [-0.3, -0.25) is 19.6 Å². The standard InChI is InChI=1S/C19H17N3O5/c1-2-21-18(11-12-20-21)19(23)10-9-16-7-8-17(27-16)13-26-15-5-3-14(4-6-15)22(24)25/h3-12H,2,13H2,1H3/b10-9+. The van der Waals surface area contributed by atoms with Gasteiger partial charge in [0, 0.05) is 24.9 Å². The van der Waals surface area contributed by atoms with Crippen LogP contribution in [0.5, 0.6) is 5.75 Å². The van der Waals surface area contributed by atoms with Crippen LogP contribution in [0.15, 0.2) is 59.2 Å². The molecule has 2 heterocycles. The van der Waals surface area contributed by atoms with Gasteiger partial charge in [0.1, 0.15) is 29.6 Å². The number of carbonyl (C=O) groups excluding carboxylic acids is 1. The summed E-state index contributed by atoms with van der Waals surface area (Å²) in [4.78, 5) is 22.4. The molecule has 1 aromatic carbocycles. The Morgan fingerprint density at radius 1 is 1.26 bits per heavy atom. The summed E-state index contributed by atoms with van der Waals surface area (Å²) in [5.41, 5.74) is 0.517. The van der Waals surface area contributed by atoms with E-state index in [1.165, 1.54) is 30.3 Å². The van der Waals surface area contributed by atoms with Gasteiger partial charge in [-0.1, -0.05) is 0 Å². The first-order valence-corrected chi connectivity index (χ1v) is 8.27. The number of nitrogens with zero attached hydrogens (tertiary/aromatic N) is 3. The summed E-state index contributed by atoms with van der Waals surface area (Å²) in [5, 5.41) is 14.7. The molecule has 8 nitrogen and oxygen atoms in total. The molecule has 3 aromatic rings. The highest BCUT2D eigenvalue weighted by Gasteiger charge is 2.09. The molecule has 0 saturated carbocycles. The van der Waals surface area contributed by atoms with E-state index in [1.54, 1.807) is 35.2 Å². The highest BCUT2D eigenvalue weighted by molar-refractivity contribution is 6.05. The largest absolute Gasteiger partial charge is 0.486 e. The molecular weight excluding hydrogens is 350 g/mol. The molecule has 8 heteroatoms. The second-order valence-electron chi connectivity index (χ2n) is 5.57. The molecule has 0 bridgehead atoms. The number of hydrogen-bond donors (Lipinski definition) is 0. The van der Waals surface area contributed by atoms with E-state index in [9.17, 15) is 14.9 Å². The molecule has 0 amide bonds. The number of aryl methyl sites for hydroxylation is 1. The Balaban J connectivity index is 1.58. The first kappa shape index (κ1) is 18.1. The molecule has 0 aliphatic heterocycles. The highest BCUT2D eigenvalue weighted by Crippen LogP contribution is 2.19. The number of ether oxygens (including phenoxy) is 1. The zero-order valence-corrected chi connectivity index (χ0v) is 14.6. The van der Waals surface area contributed by atoms with E-state index >= 15 is 0 Å². The fourth-order valence-electron chi connectivity index (χ4n) is 2.42. The number of carbonyl (C=O) groups is 1. The fraction of sp³-hybridized carbons (Fsp3) is 0.158. The quantitative estimate of drug-likeness (QED) is 0.259. The van der Waals surface area contributed by atoms with Gasteiger partial charge in [-0.2, -0.15) is 5.10 Å². The lowest BCUT2D eigenvalue weighted by molar-refractivity contribution is -0.384. The van der Waals surface area contributed by atoms with Crippen LogP contribution < -0.4 is 4.74 Å². The van der Waals surface area contributed by atoms with Crippen LogP contribution in [0.1, 0.15) is 28.9 Å². The van der Waals surface area contributed by atoms with Crippen LogP contribution in [0, 0.1) is 10.1 Å². The maximum absolute atomic E-state index is 12.2. The topological polar surface area (TPSA) is 100 Å². The molecule has 0 unspecified atom stereocenters. The fourth-order valence-corrected chi connectivity index (χ4v) is 2.42. The molecule has 27 heavy (non-hydrogen) atoms. The van der Waals surface area contributed by atoms with Crippen LogP contribution in [-0.2, 0) is 13.2 Å². The average molecular weight is 367 g/mol. The number of furan rings is 1. The van der Waals surface area contributed by atoms with E-state index in [4.69, 9.17) is 9.15 Å². The van der Waals surface area contributed by atoms with Gasteiger partial charge in [0.05, 0.1) is 4.92 Å². The summed E-state index contributed by atoms with van der Waals surface area (Å²) >= 11 is 0. The third-order valence-electron chi connectivity index (χ3n) is 3.78. The van der Waals surface area contributed by atoms with Crippen molar-refractivity contribution in [2.75, 3.05) is 0 Å². The number of nitro benzene ring substituents is 1. The minimum atomic E-state index is -0.469. The van der Waals surface area contributed by atoms with E-state index in [2.05, 4.69) is 5.10 Å². The predicted octanol–water partition coefficient (Wildman–Crippen LogP) is 3.88. The number of aromatic nitrogens is 2. The summed E-state index contributed by atoms with van der Waals surface area (Å²) in [7, 11) is 0. The van der Waals surface area contributed by atoms with Crippen LogP contribution in [0.25, 0.3) is 6.08 Å². The lowest BCUT2D eigenvalue weighted by atomic mass is 10.2. The van der Waals surface area contributed by atoms with Crippen molar-refractivity contribution in [2.45, 2.75) is 20.1 Å². The number of non-ortho nitro benzene ring substituents is 1. The average Bonchev–Trinajstić information content (AvgIpc) is 3.34. The van der Waals surface area contributed by atoms with Crippen LogP contribution in [0.4, 0.5) is 5.69 Å². The SMILES string of the molecule is CCn1nccc1C(=O)/C=C/c1ccc(COc2ccc([N+](=O)[O-])cc2)o1. The van der Waals surface area contributed by atoms with Gasteiger partial charge < -0.3 is 9.15 Å². The molecule has 3 rings (SSSR count). The third kappa shape index (κ3) is 4.49. The first-order valence-electron chi connectivity index (χ1n) is 8.27. The van der Waals surface area contributed by atoms with Gasteiger partial charge in [-0.25, -0.2) is 0 Å². The Kier molecular flexibility index (Phi) is 5.46. The molecule has 0 aliphatic carbocycles. The minimum Gasteiger partial charge on any atom is -0.486 e. The molecule has 0 fully saturated rings. The monoisotopic (exact) mass is 367 g/mol. The zero-order chi connectivity index (χ0) is 19.2. The lowest BCUT2D eigenvalue weighted by Gasteiger charge is -2.03. The van der Waals surface area contributed by atoms with E-state index in [0.717, 1.165) is 0 Å². The minimum absolute atomic E-state index is 0.00172. The van der Waals surface area contributed by atoms with Crippen molar-refractivity contribution >= 4 is 17.5 Å². The summed E-state index contributed by atoms with van der Waals surface area (Å²) in [6, 6.07) is 10.9. The van der Waals surface area contributed by atoms with Crippen LogP contribution in [0.3, 0.4) is 0 Å². The van der Waals surface area contributed by atoms with Crippen LogP contribution in [-0.4, -0.2) is 20.5 Å². The van der Waals surface area contributed by atoms with Crippen molar-refractivity contribution in [1.82, 2.24) is 9.78 Å². The smallest absolute Gasteiger partial charge is 0.269 e. The summed E-state index contributed by atoms with van der Waals surface area (Å²) in [5.74, 6) is 1.43. The van der Waals surface area contributed by atoms with Crippen molar-refractivity contribution in [3.8, 4) is 5.75 Å². The van der Waals surface area contributed by atoms with Crippen LogP contribution in [0.2, 0.25) is 0 Å². The summed E-state index contributed by atoms with van der Waals surface area (Å²) in [6.45, 7) is 2.70. The molecule has 2 aromatic heterocycles. The summed E-state index contributed by atoms with van der Waals surface area (Å²) < 4.78 is 12.8. The molecule has 0 aliphatic rings. The Morgan fingerprint density at radius 2 is 2.04 bits per heavy atom. The first-order chi connectivity index (χ1) is 13.1. The molecule has 138 valence electrons. The van der Waals surface area contributed by atoms with Gasteiger partial charge in [0.2, 0.25) is 5.78 Å². The second-order valence-corrected chi connectivity index (χ2v) is 5.57.